The number of hydrogen-bond donors (Lipinski definition) is 0. The Balaban J connectivity index is 4.28. The van der Waals surface area contributed by atoms with Gasteiger partial charge in [-0.25, -0.2) is 0 Å². The van der Waals surface area contributed by atoms with E-state index in [1.165, 1.54) is 0 Å². The van der Waals surface area contributed by atoms with Crippen molar-refractivity contribution in [3.8, 4) is 0 Å². The zero-order chi connectivity index (χ0) is 7.44. The van der Waals surface area contributed by atoms with E-state index in [-0.39, 0.29) is 0 Å². The third kappa shape index (κ3) is 2.92. The van der Waals surface area contributed by atoms with E-state index in [1.807, 2.05) is 13.8 Å². The van der Waals surface area contributed by atoms with Crippen LogP contribution in [-0.2, 0) is 0 Å². The fourth-order valence-electron chi connectivity index (χ4n) is 0.332. The lowest BCUT2D eigenvalue weighted by molar-refractivity contribution is 1.29. The predicted octanol–water partition coefficient (Wildman–Crippen LogP) is 3.31. The van der Waals surface area contributed by atoms with Crippen LogP contribution >= 0.6 is 23.2 Å². The Morgan fingerprint density at radius 3 is 2.00 bits per heavy atom. The van der Waals surface area contributed by atoms with E-state index in [2.05, 4.69) is 6.58 Å². The van der Waals surface area contributed by atoms with Gasteiger partial charge in [-0.05, 0) is 19.4 Å². The third-order valence-corrected chi connectivity index (χ3v) is 1.93. The molecule has 0 rings (SSSR count). The van der Waals surface area contributed by atoms with Crippen LogP contribution in [-0.4, -0.2) is 5.88 Å². The molecule has 0 fully saturated rings. The fraction of sp³-hybridized carbons (Fsp3) is 0.429. The van der Waals surface area contributed by atoms with Gasteiger partial charge in [0, 0.05) is 10.9 Å². The molecule has 0 nitrogen and oxygen atoms in total. The highest BCUT2D eigenvalue weighted by Gasteiger charge is 1.95. The van der Waals surface area contributed by atoms with Crippen LogP contribution in [0.15, 0.2) is 22.8 Å². The molecular formula is C7H10Cl2. The first-order valence-corrected chi connectivity index (χ1v) is 3.58. The topological polar surface area (TPSA) is 0 Å². The highest BCUT2D eigenvalue weighted by Crippen LogP contribution is 2.16. The summed E-state index contributed by atoms with van der Waals surface area (Å²) < 4.78 is 0. The van der Waals surface area contributed by atoms with Crippen LogP contribution < -0.4 is 0 Å². The largest absolute Gasteiger partial charge is 0.122 e. The Labute approximate surface area is 66.2 Å². The molecule has 0 aromatic carbocycles. The molecule has 0 aromatic rings. The van der Waals surface area contributed by atoms with Gasteiger partial charge >= 0.3 is 0 Å². The summed E-state index contributed by atoms with van der Waals surface area (Å²) in [4.78, 5) is 0. The first kappa shape index (κ1) is 9.06. The Morgan fingerprint density at radius 2 is 1.89 bits per heavy atom. The van der Waals surface area contributed by atoms with Gasteiger partial charge in [-0.1, -0.05) is 23.8 Å². The van der Waals surface area contributed by atoms with E-state index in [9.17, 15) is 0 Å². The molecule has 0 saturated carbocycles. The highest BCUT2D eigenvalue weighted by molar-refractivity contribution is 6.31. The lowest BCUT2D eigenvalue weighted by Crippen LogP contribution is -1.83. The lowest BCUT2D eigenvalue weighted by Gasteiger charge is -2.00. The summed E-state index contributed by atoms with van der Waals surface area (Å²) in [5.74, 6) is 0.525. The Kier molecular flexibility index (Phi) is 4.00. The molecule has 0 radical (unpaired) electrons. The second-order valence-electron chi connectivity index (χ2n) is 1.94. The average Bonchev–Trinajstić information content (AvgIpc) is 1.84. The summed E-state index contributed by atoms with van der Waals surface area (Å²) in [6, 6.07) is 0. The maximum Gasteiger partial charge on any atom is 0.0436 e. The summed E-state index contributed by atoms with van der Waals surface area (Å²) in [6.07, 6.45) is 0. The van der Waals surface area contributed by atoms with Crippen molar-refractivity contribution in [3.63, 3.8) is 0 Å². The van der Waals surface area contributed by atoms with Gasteiger partial charge in [0.2, 0.25) is 0 Å². The van der Waals surface area contributed by atoms with E-state index in [0.29, 0.717) is 10.9 Å². The Bertz CT molecular complexity index is 145. The van der Waals surface area contributed by atoms with Crippen molar-refractivity contribution in [3.05, 3.63) is 22.8 Å². The molecule has 0 spiro atoms. The van der Waals surface area contributed by atoms with Crippen molar-refractivity contribution in [2.24, 2.45) is 0 Å². The molecule has 0 aliphatic carbocycles. The molecule has 0 atom stereocenters. The second-order valence-corrected chi connectivity index (χ2v) is 2.67. The first-order valence-electron chi connectivity index (χ1n) is 2.66. The van der Waals surface area contributed by atoms with Gasteiger partial charge in [0.1, 0.15) is 0 Å². The van der Waals surface area contributed by atoms with Crippen LogP contribution in [0.1, 0.15) is 13.8 Å². The van der Waals surface area contributed by atoms with Gasteiger partial charge in [-0.15, -0.1) is 11.6 Å². The van der Waals surface area contributed by atoms with Gasteiger partial charge in [0.25, 0.3) is 0 Å². The molecule has 9 heavy (non-hydrogen) atoms. The van der Waals surface area contributed by atoms with Crippen LogP contribution in [0.3, 0.4) is 0 Å². The van der Waals surface area contributed by atoms with Crippen molar-refractivity contribution in [2.45, 2.75) is 13.8 Å². The monoisotopic (exact) mass is 164 g/mol. The van der Waals surface area contributed by atoms with E-state index >= 15 is 0 Å². The number of alkyl halides is 1. The van der Waals surface area contributed by atoms with Gasteiger partial charge in [-0.3, -0.25) is 0 Å². The minimum absolute atomic E-state index is 0.525. The van der Waals surface area contributed by atoms with Gasteiger partial charge in [0.15, 0.2) is 0 Å². The zero-order valence-electron chi connectivity index (χ0n) is 5.67. The quantitative estimate of drug-likeness (QED) is 0.435. The molecule has 0 amide bonds. The van der Waals surface area contributed by atoms with E-state index in [0.717, 1.165) is 11.1 Å². The number of halogens is 2. The number of hydrogen-bond acceptors (Lipinski definition) is 0. The molecule has 0 bridgehead atoms. The van der Waals surface area contributed by atoms with Crippen LogP contribution in [0.4, 0.5) is 0 Å². The minimum atomic E-state index is 0.525. The normalized spacial score (nSPS) is 12.9. The van der Waals surface area contributed by atoms with E-state index in [1.54, 1.807) is 0 Å². The second kappa shape index (κ2) is 3.97. The SMILES string of the molecule is C=C(Cl)/C(C)=C(/C)CCl. The van der Waals surface area contributed by atoms with E-state index < -0.39 is 0 Å². The van der Waals surface area contributed by atoms with Crippen LogP contribution in [0, 0.1) is 0 Å². The average molecular weight is 165 g/mol. The van der Waals surface area contributed by atoms with Gasteiger partial charge in [-0.2, -0.15) is 0 Å². The predicted molar refractivity (Wildman–Crippen MR) is 44.1 cm³/mol. The van der Waals surface area contributed by atoms with E-state index in [4.69, 9.17) is 23.2 Å². The van der Waals surface area contributed by atoms with Crippen LogP contribution in [0.5, 0.6) is 0 Å². The molecular weight excluding hydrogens is 155 g/mol. The summed E-state index contributed by atoms with van der Waals surface area (Å²) in [7, 11) is 0. The van der Waals surface area contributed by atoms with Crippen LogP contribution in [0.2, 0.25) is 0 Å². The Morgan fingerprint density at radius 1 is 1.44 bits per heavy atom. The summed E-state index contributed by atoms with van der Waals surface area (Å²) in [5, 5.41) is 0.577. The van der Waals surface area contributed by atoms with Crippen molar-refractivity contribution in [2.75, 3.05) is 5.88 Å². The molecule has 0 aromatic heterocycles. The molecule has 0 aliphatic rings. The molecule has 2 heteroatoms. The molecule has 0 aliphatic heterocycles. The van der Waals surface area contributed by atoms with Crippen molar-refractivity contribution >= 4 is 23.2 Å². The van der Waals surface area contributed by atoms with Crippen molar-refractivity contribution < 1.29 is 0 Å². The van der Waals surface area contributed by atoms with Crippen molar-refractivity contribution in [1.29, 1.82) is 0 Å². The number of rotatable bonds is 2. The van der Waals surface area contributed by atoms with Crippen LogP contribution in [0.25, 0.3) is 0 Å². The summed E-state index contributed by atoms with van der Waals surface area (Å²) >= 11 is 11.1. The standard InChI is InChI=1S/C7H10Cl2/c1-5(4-8)6(2)7(3)9/h3-4H2,1-2H3/b6-5-. The highest BCUT2D eigenvalue weighted by atomic mass is 35.5. The molecule has 0 saturated heterocycles. The third-order valence-electron chi connectivity index (χ3n) is 1.25. The minimum Gasteiger partial charge on any atom is -0.122 e. The lowest BCUT2D eigenvalue weighted by atomic mass is 10.2. The smallest absolute Gasteiger partial charge is 0.0436 e. The zero-order valence-corrected chi connectivity index (χ0v) is 7.18. The molecule has 0 unspecified atom stereocenters. The van der Waals surface area contributed by atoms with Crippen molar-refractivity contribution in [1.82, 2.24) is 0 Å². The Hall–Kier alpha value is 0.0600. The van der Waals surface area contributed by atoms with Gasteiger partial charge in [0.05, 0.1) is 0 Å². The summed E-state index contributed by atoms with van der Waals surface area (Å²) in [5.41, 5.74) is 2.07. The molecule has 0 N–H and O–H groups in total. The maximum atomic E-state index is 5.59. The summed E-state index contributed by atoms with van der Waals surface area (Å²) in [6.45, 7) is 7.42. The van der Waals surface area contributed by atoms with Gasteiger partial charge < -0.3 is 0 Å². The molecule has 52 valence electrons. The number of allylic oxidation sites excluding steroid dienone is 3. The first-order chi connectivity index (χ1) is 4.09. The molecule has 0 heterocycles. The fourth-order valence-corrected chi connectivity index (χ4v) is 0.694. The maximum absolute atomic E-state index is 5.59.